The molecule has 0 unspecified atom stereocenters. The van der Waals surface area contributed by atoms with Gasteiger partial charge in [-0.2, -0.15) is 0 Å². The minimum absolute atomic E-state index is 0.0276. The molecule has 1 N–H and O–H groups in total. The molecule has 2 aromatic rings. The Morgan fingerprint density at radius 3 is 2.65 bits per heavy atom. The van der Waals surface area contributed by atoms with Crippen LogP contribution >= 0.6 is 0 Å². The molecule has 3 rings (SSSR count). The zero-order valence-electron chi connectivity index (χ0n) is 16.1. The Hall–Kier alpha value is -2.21. The Balaban J connectivity index is 1.49. The summed E-state index contributed by atoms with van der Waals surface area (Å²) in [6.07, 6.45) is 5.22. The first-order chi connectivity index (χ1) is 12.3. The molecule has 3 heterocycles. The Kier molecular flexibility index (Phi) is 5.41. The van der Waals surface area contributed by atoms with Crippen LogP contribution in [0.15, 0.2) is 28.9 Å². The molecule has 0 radical (unpaired) electrons. The fraction of sp³-hybridized carbons (Fsp3) is 0.550. The second kappa shape index (κ2) is 7.58. The number of hydrogen-bond acceptors (Lipinski definition) is 5. The molecular weight excluding hydrogens is 328 g/mol. The number of anilines is 1. The molecule has 6 nitrogen and oxygen atoms in total. The van der Waals surface area contributed by atoms with Crippen molar-refractivity contribution in [1.29, 1.82) is 0 Å². The molecule has 140 valence electrons. The highest BCUT2D eigenvalue weighted by molar-refractivity contribution is 5.91. The first-order valence-electron chi connectivity index (χ1n) is 9.22. The van der Waals surface area contributed by atoms with Gasteiger partial charge < -0.3 is 9.73 Å². The molecular formula is C20H28N4O2. The number of rotatable bonds is 4. The summed E-state index contributed by atoms with van der Waals surface area (Å²) in [5.74, 6) is 2.39. The minimum Gasteiger partial charge on any atom is -0.444 e. The molecule has 1 saturated heterocycles. The molecule has 0 bridgehead atoms. The summed E-state index contributed by atoms with van der Waals surface area (Å²) >= 11 is 0. The first-order valence-corrected chi connectivity index (χ1v) is 9.22. The average molecular weight is 356 g/mol. The van der Waals surface area contributed by atoms with Crippen LogP contribution in [0.4, 0.5) is 5.82 Å². The van der Waals surface area contributed by atoms with Crippen molar-refractivity contribution < 1.29 is 9.21 Å². The number of oxazole rings is 1. The molecule has 0 spiro atoms. The molecule has 26 heavy (non-hydrogen) atoms. The minimum atomic E-state index is -0.0276. The van der Waals surface area contributed by atoms with Crippen molar-refractivity contribution in [2.75, 3.05) is 18.4 Å². The van der Waals surface area contributed by atoms with Gasteiger partial charge in [-0.1, -0.05) is 20.8 Å². The molecule has 1 fully saturated rings. The highest BCUT2D eigenvalue weighted by atomic mass is 16.4. The van der Waals surface area contributed by atoms with Crippen LogP contribution in [0.25, 0.3) is 0 Å². The van der Waals surface area contributed by atoms with E-state index in [4.69, 9.17) is 4.42 Å². The Bertz CT molecular complexity index is 755. The van der Waals surface area contributed by atoms with Gasteiger partial charge in [0.25, 0.3) is 0 Å². The van der Waals surface area contributed by atoms with E-state index in [9.17, 15) is 4.79 Å². The number of carbonyl (C=O) groups is 1. The zero-order valence-corrected chi connectivity index (χ0v) is 16.1. The number of carbonyl (C=O) groups excluding carboxylic acids is 1. The highest BCUT2D eigenvalue weighted by Crippen LogP contribution is 2.24. The van der Waals surface area contributed by atoms with Gasteiger partial charge in [-0.3, -0.25) is 9.69 Å². The maximum Gasteiger partial charge on any atom is 0.228 e. The Morgan fingerprint density at radius 1 is 1.31 bits per heavy atom. The van der Waals surface area contributed by atoms with E-state index in [2.05, 4.69) is 41.0 Å². The van der Waals surface area contributed by atoms with Crippen molar-refractivity contribution in [3.8, 4) is 0 Å². The maximum atomic E-state index is 12.5. The lowest BCUT2D eigenvalue weighted by Crippen LogP contribution is -2.37. The van der Waals surface area contributed by atoms with E-state index in [0.29, 0.717) is 12.4 Å². The van der Waals surface area contributed by atoms with Crippen molar-refractivity contribution >= 4 is 11.7 Å². The highest BCUT2D eigenvalue weighted by Gasteiger charge is 2.26. The summed E-state index contributed by atoms with van der Waals surface area (Å²) in [5.41, 5.74) is 1.06. The topological polar surface area (TPSA) is 71.3 Å². The van der Waals surface area contributed by atoms with Gasteiger partial charge >= 0.3 is 0 Å². The van der Waals surface area contributed by atoms with E-state index < -0.39 is 0 Å². The predicted octanol–water partition coefficient (Wildman–Crippen LogP) is 3.53. The van der Waals surface area contributed by atoms with Gasteiger partial charge in [0.15, 0.2) is 0 Å². The average Bonchev–Trinajstić information content (AvgIpc) is 3.04. The normalized spacial score (nSPS) is 16.6. The summed E-state index contributed by atoms with van der Waals surface area (Å²) in [6, 6.07) is 3.81. The number of pyridine rings is 1. The lowest BCUT2D eigenvalue weighted by atomic mass is 9.94. The summed E-state index contributed by atoms with van der Waals surface area (Å²) < 4.78 is 5.87. The number of likely N-dealkylation sites (tertiary alicyclic amines) is 1. The first kappa shape index (κ1) is 18.6. The monoisotopic (exact) mass is 356 g/mol. The number of hydrogen-bond donors (Lipinski definition) is 1. The van der Waals surface area contributed by atoms with Crippen molar-refractivity contribution in [2.24, 2.45) is 5.92 Å². The SMILES string of the molecule is Cc1ccnc(NC(=O)C2CCN(Cc3ncc(C(C)(C)C)o3)CC2)c1. The van der Waals surface area contributed by atoms with Gasteiger partial charge in [0, 0.05) is 17.5 Å². The second-order valence-corrected chi connectivity index (χ2v) is 8.13. The quantitative estimate of drug-likeness (QED) is 0.907. The van der Waals surface area contributed by atoms with Crippen molar-refractivity contribution in [1.82, 2.24) is 14.9 Å². The van der Waals surface area contributed by atoms with Crippen molar-refractivity contribution in [3.63, 3.8) is 0 Å². The summed E-state index contributed by atoms with van der Waals surface area (Å²) in [6.45, 7) is 10.8. The van der Waals surface area contributed by atoms with Gasteiger partial charge in [-0.25, -0.2) is 9.97 Å². The van der Waals surface area contributed by atoms with E-state index in [1.807, 2.05) is 25.3 Å². The molecule has 0 saturated carbocycles. The summed E-state index contributed by atoms with van der Waals surface area (Å²) in [4.78, 5) is 23.4. The van der Waals surface area contributed by atoms with Crippen LogP contribution in [-0.4, -0.2) is 33.9 Å². The van der Waals surface area contributed by atoms with Crippen LogP contribution in [0, 0.1) is 12.8 Å². The van der Waals surface area contributed by atoms with Crippen LogP contribution in [0.2, 0.25) is 0 Å². The molecule has 2 aromatic heterocycles. The molecule has 0 aromatic carbocycles. The Labute approximate surface area is 155 Å². The number of amides is 1. The van der Waals surface area contributed by atoms with Gasteiger partial charge in [0.05, 0.1) is 12.7 Å². The fourth-order valence-electron chi connectivity index (χ4n) is 3.11. The number of aryl methyl sites for hydroxylation is 1. The van der Waals surface area contributed by atoms with E-state index >= 15 is 0 Å². The van der Waals surface area contributed by atoms with E-state index in [-0.39, 0.29) is 17.2 Å². The second-order valence-electron chi connectivity index (χ2n) is 8.13. The van der Waals surface area contributed by atoms with Crippen LogP contribution in [0.3, 0.4) is 0 Å². The maximum absolute atomic E-state index is 12.5. The molecule has 1 aliphatic heterocycles. The van der Waals surface area contributed by atoms with E-state index in [0.717, 1.165) is 43.1 Å². The van der Waals surface area contributed by atoms with Crippen molar-refractivity contribution in [2.45, 2.75) is 52.5 Å². The molecule has 0 atom stereocenters. The molecule has 1 amide bonds. The third kappa shape index (κ3) is 4.69. The number of piperidine rings is 1. The molecule has 6 heteroatoms. The van der Waals surface area contributed by atoms with Gasteiger partial charge in [0.1, 0.15) is 11.6 Å². The smallest absolute Gasteiger partial charge is 0.228 e. The lowest BCUT2D eigenvalue weighted by Gasteiger charge is -2.30. The Morgan fingerprint density at radius 2 is 2.04 bits per heavy atom. The van der Waals surface area contributed by atoms with Crippen LogP contribution in [-0.2, 0) is 16.8 Å². The van der Waals surface area contributed by atoms with Gasteiger partial charge in [-0.15, -0.1) is 0 Å². The summed E-state index contributed by atoms with van der Waals surface area (Å²) in [5, 5.41) is 2.94. The lowest BCUT2D eigenvalue weighted by molar-refractivity contribution is -0.121. The van der Waals surface area contributed by atoms with E-state index in [1.165, 1.54) is 0 Å². The third-order valence-electron chi connectivity index (χ3n) is 4.78. The van der Waals surface area contributed by atoms with Crippen molar-refractivity contribution in [3.05, 3.63) is 41.7 Å². The number of nitrogens with zero attached hydrogens (tertiary/aromatic N) is 3. The van der Waals surface area contributed by atoms with Gasteiger partial charge in [-0.05, 0) is 50.6 Å². The molecule has 0 aliphatic carbocycles. The van der Waals surface area contributed by atoms with Gasteiger partial charge in [0.2, 0.25) is 11.8 Å². The number of aromatic nitrogens is 2. The molecule has 1 aliphatic rings. The third-order valence-corrected chi connectivity index (χ3v) is 4.78. The van der Waals surface area contributed by atoms with Crippen LogP contribution < -0.4 is 5.32 Å². The fourth-order valence-corrected chi connectivity index (χ4v) is 3.11. The van der Waals surface area contributed by atoms with Crippen LogP contribution in [0.1, 0.15) is 50.8 Å². The largest absolute Gasteiger partial charge is 0.444 e. The van der Waals surface area contributed by atoms with Crippen LogP contribution in [0.5, 0.6) is 0 Å². The standard InChI is InChI=1S/C20H28N4O2/c1-14-5-8-21-17(11-14)23-19(25)15-6-9-24(10-7-15)13-18-22-12-16(26-18)20(2,3)4/h5,8,11-12,15H,6-7,9-10,13H2,1-4H3,(H,21,23,25). The number of nitrogens with one attached hydrogen (secondary N) is 1. The zero-order chi connectivity index (χ0) is 18.7. The predicted molar refractivity (Wildman–Crippen MR) is 101 cm³/mol. The van der Waals surface area contributed by atoms with E-state index in [1.54, 1.807) is 6.20 Å². The summed E-state index contributed by atoms with van der Waals surface area (Å²) in [7, 11) is 0.